The number of hydrogen-bond donors (Lipinski definition) is 0. The van der Waals surface area contributed by atoms with Crippen molar-refractivity contribution in [1.29, 1.82) is 0 Å². The number of benzene rings is 1. The summed E-state index contributed by atoms with van der Waals surface area (Å²) in [6, 6.07) is 9.73. The van der Waals surface area contributed by atoms with E-state index < -0.39 is 5.60 Å². The van der Waals surface area contributed by atoms with Crippen molar-refractivity contribution in [2.75, 3.05) is 39.3 Å². The number of hydrogen-bond acceptors (Lipinski definition) is 4. The summed E-state index contributed by atoms with van der Waals surface area (Å²) in [4.78, 5) is 42.9. The molecule has 0 spiro atoms. The lowest BCUT2D eigenvalue weighted by Crippen LogP contribution is -2.53. The Morgan fingerprint density at radius 1 is 0.871 bits per heavy atom. The smallest absolute Gasteiger partial charge is 0.410 e. The van der Waals surface area contributed by atoms with Crippen LogP contribution in [0.25, 0.3) is 6.08 Å². The summed E-state index contributed by atoms with van der Waals surface area (Å²) in [5.41, 5.74) is 0.470. The molecule has 1 aromatic carbocycles. The van der Waals surface area contributed by atoms with Gasteiger partial charge in [-0.25, -0.2) is 4.79 Å². The summed E-state index contributed by atoms with van der Waals surface area (Å²) >= 11 is 0. The first kappa shape index (κ1) is 22.8. The maximum atomic E-state index is 12.9. The van der Waals surface area contributed by atoms with Gasteiger partial charge in [-0.15, -0.1) is 0 Å². The quantitative estimate of drug-likeness (QED) is 0.696. The number of likely N-dealkylation sites (tertiary alicyclic amines) is 1. The van der Waals surface area contributed by atoms with Crippen molar-refractivity contribution in [2.45, 2.75) is 39.2 Å². The molecule has 7 nitrogen and oxygen atoms in total. The molecule has 0 unspecified atom stereocenters. The van der Waals surface area contributed by atoms with Crippen LogP contribution in [0.5, 0.6) is 0 Å². The van der Waals surface area contributed by atoms with Gasteiger partial charge in [0.25, 0.3) is 0 Å². The zero-order valence-corrected chi connectivity index (χ0v) is 18.8. The number of piperidine rings is 1. The maximum absolute atomic E-state index is 12.9. The predicted octanol–water partition coefficient (Wildman–Crippen LogP) is 3.02. The number of carbonyl (C=O) groups is 3. The van der Waals surface area contributed by atoms with Crippen molar-refractivity contribution < 1.29 is 19.1 Å². The molecule has 2 aliphatic rings. The van der Waals surface area contributed by atoms with Gasteiger partial charge in [0.2, 0.25) is 11.8 Å². The molecule has 0 radical (unpaired) electrons. The molecule has 0 saturated carbocycles. The van der Waals surface area contributed by atoms with Crippen molar-refractivity contribution in [1.82, 2.24) is 14.7 Å². The minimum Gasteiger partial charge on any atom is -0.444 e. The van der Waals surface area contributed by atoms with Crippen LogP contribution in [0.15, 0.2) is 36.4 Å². The molecular weight excluding hydrogens is 394 g/mol. The van der Waals surface area contributed by atoms with E-state index in [1.807, 2.05) is 67.0 Å². The van der Waals surface area contributed by atoms with E-state index in [0.717, 1.165) is 5.56 Å². The third-order valence-electron chi connectivity index (χ3n) is 5.62. The largest absolute Gasteiger partial charge is 0.444 e. The van der Waals surface area contributed by atoms with Gasteiger partial charge in [0.05, 0.1) is 0 Å². The Balaban J connectivity index is 1.43. The minimum absolute atomic E-state index is 0.0132. The van der Waals surface area contributed by atoms with Crippen LogP contribution in [0.1, 0.15) is 39.2 Å². The van der Waals surface area contributed by atoms with Crippen LogP contribution >= 0.6 is 0 Å². The molecule has 0 bridgehead atoms. The van der Waals surface area contributed by atoms with Gasteiger partial charge in [-0.3, -0.25) is 9.59 Å². The highest BCUT2D eigenvalue weighted by Gasteiger charge is 2.33. The van der Waals surface area contributed by atoms with Gasteiger partial charge in [0.15, 0.2) is 0 Å². The lowest BCUT2D eigenvalue weighted by atomic mass is 9.95. The topological polar surface area (TPSA) is 70.2 Å². The van der Waals surface area contributed by atoms with Crippen LogP contribution in [0.3, 0.4) is 0 Å². The van der Waals surface area contributed by atoms with Crippen LogP contribution in [0, 0.1) is 5.92 Å². The maximum Gasteiger partial charge on any atom is 0.410 e. The predicted molar refractivity (Wildman–Crippen MR) is 119 cm³/mol. The van der Waals surface area contributed by atoms with Crippen LogP contribution in [0.4, 0.5) is 4.79 Å². The number of carbonyl (C=O) groups excluding carboxylic acids is 3. The van der Waals surface area contributed by atoms with E-state index in [2.05, 4.69) is 0 Å². The molecule has 0 N–H and O–H groups in total. The van der Waals surface area contributed by atoms with E-state index in [9.17, 15) is 14.4 Å². The highest BCUT2D eigenvalue weighted by molar-refractivity contribution is 5.92. The second kappa shape index (κ2) is 9.98. The Bertz CT molecular complexity index is 800. The summed E-state index contributed by atoms with van der Waals surface area (Å²) in [6.45, 7) is 8.74. The van der Waals surface area contributed by atoms with Gasteiger partial charge in [-0.1, -0.05) is 30.3 Å². The van der Waals surface area contributed by atoms with E-state index in [1.165, 1.54) is 0 Å². The first-order valence-electron chi connectivity index (χ1n) is 11.0. The molecule has 0 aromatic heterocycles. The lowest BCUT2D eigenvalue weighted by molar-refractivity contribution is -0.140. The van der Waals surface area contributed by atoms with E-state index in [-0.39, 0.29) is 23.8 Å². The fraction of sp³-hybridized carbons (Fsp3) is 0.542. The zero-order chi connectivity index (χ0) is 22.4. The Labute approximate surface area is 184 Å². The summed E-state index contributed by atoms with van der Waals surface area (Å²) in [5, 5.41) is 0. The third-order valence-corrected chi connectivity index (χ3v) is 5.62. The highest BCUT2D eigenvalue weighted by atomic mass is 16.6. The van der Waals surface area contributed by atoms with Crippen LogP contribution in [-0.4, -0.2) is 77.5 Å². The average molecular weight is 428 g/mol. The minimum atomic E-state index is -0.522. The van der Waals surface area contributed by atoms with Crippen molar-refractivity contribution in [3.8, 4) is 0 Å². The van der Waals surface area contributed by atoms with Crippen LogP contribution in [0.2, 0.25) is 0 Å². The highest BCUT2D eigenvalue weighted by Crippen LogP contribution is 2.21. The van der Waals surface area contributed by atoms with Crippen molar-refractivity contribution in [2.24, 2.45) is 5.92 Å². The first-order valence-corrected chi connectivity index (χ1v) is 11.0. The van der Waals surface area contributed by atoms with Crippen molar-refractivity contribution in [3.05, 3.63) is 42.0 Å². The molecular formula is C24H33N3O4. The molecule has 31 heavy (non-hydrogen) atoms. The van der Waals surface area contributed by atoms with Gasteiger partial charge >= 0.3 is 6.09 Å². The van der Waals surface area contributed by atoms with E-state index >= 15 is 0 Å². The van der Waals surface area contributed by atoms with Crippen molar-refractivity contribution >= 4 is 24.0 Å². The third kappa shape index (κ3) is 6.57. The number of piperazine rings is 1. The molecule has 2 heterocycles. The fourth-order valence-corrected chi connectivity index (χ4v) is 3.88. The molecule has 7 heteroatoms. The van der Waals surface area contributed by atoms with E-state index in [1.54, 1.807) is 11.0 Å². The Hall–Kier alpha value is -2.83. The number of ether oxygens (including phenoxy) is 1. The molecule has 2 fully saturated rings. The number of rotatable bonds is 3. The SMILES string of the molecule is CC(C)(C)OC(=O)N1CCN(C(=O)C2CCN(C(=O)/C=C/c3ccccc3)CC2)CC1. The second-order valence-corrected chi connectivity index (χ2v) is 9.14. The molecule has 3 rings (SSSR count). The first-order chi connectivity index (χ1) is 14.7. The standard InChI is InChI=1S/C24H33N3O4/c1-24(2,3)31-23(30)27-17-15-26(16-18-27)22(29)20-11-13-25(14-12-20)21(28)10-9-19-7-5-4-6-8-19/h4-10,20H,11-18H2,1-3H3/b10-9+. The summed E-state index contributed by atoms with van der Waals surface area (Å²) < 4.78 is 5.41. The molecule has 2 saturated heterocycles. The zero-order valence-electron chi connectivity index (χ0n) is 18.8. The Kier molecular flexibility index (Phi) is 7.36. The van der Waals surface area contributed by atoms with Gasteiger partial charge in [-0.2, -0.15) is 0 Å². The van der Waals surface area contributed by atoms with Gasteiger partial charge in [0.1, 0.15) is 5.60 Å². The molecule has 3 amide bonds. The van der Waals surface area contributed by atoms with Crippen molar-refractivity contribution in [3.63, 3.8) is 0 Å². The summed E-state index contributed by atoms with van der Waals surface area (Å²) in [5.74, 6) is 0.0618. The normalized spacial score (nSPS) is 18.4. The Morgan fingerprint density at radius 2 is 1.45 bits per heavy atom. The van der Waals surface area contributed by atoms with E-state index in [4.69, 9.17) is 4.74 Å². The molecule has 1 aromatic rings. The Morgan fingerprint density at radius 3 is 2.03 bits per heavy atom. The average Bonchev–Trinajstić information content (AvgIpc) is 2.77. The molecule has 0 aliphatic carbocycles. The van der Waals surface area contributed by atoms with Crippen LogP contribution < -0.4 is 0 Å². The van der Waals surface area contributed by atoms with Gasteiger partial charge in [0, 0.05) is 51.3 Å². The summed E-state index contributed by atoms with van der Waals surface area (Å²) in [7, 11) is 0. The van der Waals surface area contributed by atoms with Crippen LogP contribution in [-0.2, 0) is 14.3 Å². The van der Waals surface area contributed by atoms with Gasteiger partial charge in [-0.05, 0) is 45.3 Å². The number of nitrogens with zero attached hydrogens (tertiary/aromatic N) is 3. The summed E-state index contributed by atoms with van der Waals surface area (Å²) in [6.07, 6.45) is 4.46. The van der Waals surface area contributed by atoms with Gasteiger partial charge < -0.3 is 19.4 Å². The molecule has 2 aliphatic heterocycles. The lowest BCUT2D eigenvalue weighted by Gasteiger charge is -2.38. The second-order valence-electron chi connectivity index (χ2n) is 9.14. The molecule has 168 valence electrons. The fourth-order valence-electron chi connectivity index (χ4n) is 3.88. The van der Waals surface area contributed by atoms with E-state index in [0.29, 0.717) is 52.1 Å². The number of amides is 3. The molecule has 0 atom stereocenters. The monoisotopic (exact) mass is 427 g/mol.